The fraction of sp³-hybridized carbons (Fsp3) is 0.303. The highest BCUT2D eigenvalue weighted by Gasteiger charge is 2.25. The molecular formula is C33H39N3S. The van der Waals surface area contributed by atoms with Crippen LogP contribution in [0.1, 0.15) is 59.7 Å². The molecule has 3 aromatic carbocycles. The van der Waals surface area contributed by atoms with E-state index in [1.165, 1.54) is 50.9 Å². The van der Waals surface area contributed by atoms with E-state index in [2.05, 4.69) is 79.0 Å². The first-order chi connectivity index (χ1) is 18.1. The van der Waals surface area contributed by atoms with Crippen LogP contribution in [0, 0.1) is 6.92 Å². The summed E-state index contributed by atoms with van der Waals surface area (Å²) in [5, 5.41) is 3.21. The minimum absolute atomic E-state index is 0.509. The van der Waals surface area contributed by atoms with Crippen LogP contribution in [0.3, 0.4) is 0 Å². The molecule has 1 heterocycles. The van der Waals surface area contributed by atoms with E-state index in [1.54, 1.807) is 0 Å². The standard InChI is InChI=1S/C31H33N3S.C2H6/c1-20-13-27(34-19-26(20)17-32)15-24-11-12-30-28(7-4-8-29(24)30)23-6-3-5-21(14-23)22-9-10-25(18-33-2)31(35)16-22;1-2/h3-10,13-14,16,19,24,33,35H,11-12,15,17-18,32H2,1-2H3;1-2H3. The molecule has 0 amide bonds. The highest BCUT2D eigenvalue weighted by Crippen LogP contribution is 2.41. The van der Waals surface area contributed by atoms with Gasteiger partial charge >= 0.3 is 0 Å². The summed E-state index contributed by atoms with van der Waals surface area (Å²) in [6, 6.07) is 24.5. The average molecular weight is 510 g/mol. The molecule has 0 radical (unpaired) electrons. The molecule has 3 N–H and O–H groups in total. The maximum absolute atomic E-state index is 5.83. The number of fused-ring (bicyclic) bond motifs is 1. The molecular weight excluding hydrogens is 470 g/mol. The van der Waals surface area contributed by atoms with Crippen molar-refractivity contribution in [2.45, 2.75) is 63.9 Å². The summed E-state index contributed by atoms with van der Waals surface area (Å²) in [7, 11) is 1.96. The van der Waals surface area contributed by atoms with E-state index >= 15 is 0 Å². The molecule has 192 valence electrons. The van der Waals surface area contributed by atoms with Gasteiger partial charge in [-0.2, -0.15) is 0 Å². The Kier molecular flexibility index (Phi) is 9.20. The number of nitrogens with two attached hydrogens (primary N) is 1. The van der Waals surface area contributed by atoms with Gasteiger partial charge in [-0.05, 0) is 107 Å². The lowest BCUT2D eigenvalue weighted by Crippen LogP contribution is -2.05. The zero-order valence-corrected chi connectivity index (χ0v) is 23.4. The Labute approximate surface area is 228 Å². The van der Waals surface area contributed by atoms with Crippen LogP contribution in [-0.2, 0) is 25.9 Å². The second-order valence-electron chi connectivity index (χ2n) is 9.57. The normalized spacial score (nSPS) is 14.2. The molecule has 0 fully saturated rings. The fourth-order valence-corrected chi connectivity index (χ4v) is 5.69. The monoisotopic (exact) mass is 509 g/mol. The summed E-state index contributed by atoms with van der Waals surface area (Å²) >= 11 is 4.72. The predicted octanol–water partition coefficient (Wildman–Crippen LogP) is 7.49. The first-order valence-corrected chi connectivity index (χ1v) is 13.9. The van der Waals surface area contributed by atoms with Crippen LogP contribution in [0.5, 0.6) is 0 Å². The van der Waals surface area contributed by atoms with Crippen molar-refractivity contribution in [1.82, 2.24) is 10.3 Å². The largest absolute Gasteiger partial charge is 0.326 e. The number of thiol groups is 1. The van der Waals surface area contributed by atoms with Crippen molar-refractivity contribution in [1.29, 1.82) is 0 Å². The van der Waals surface area contributed by atoms with Crippen LogP contribution in [0.4, 0.5) is 0 Å². The van der Waals surface area contributed by atoms with Crippen molar-refractivity contribution in [3.05, 3.63) is 106 Å². The summed E-state index contributed by atoms with van der Waals surface area (Å²) in [6.45, 7) is 7.50. The Balaban J connectivity index is 0.00000156. The van der Waals surface area contributed by atoms with Crippen LogP contribution in [-0.4, -0.2) is 12.0 Å². The summed E-state index contributed by atoms with van der Waals surface area (Å²) in [5.41, 5.74) is 18.6. The van der Waals surface area contributed by atoms with Gasteiger partial charge < -0.3 is 11.1 Å². The van der Waals surface area contributed by atoms with Crippen LogP contribution >= 0.6 is 12.6 Å². The van der Waals surface area contributed by atoms with E-state index in [0.717, 1.165) is 35.5 Å². The van der Waals surface area contributed by atoms with E-state index in [4.69, 9.17) is 23.3 Å². The van der Waals surface area contributed by atoms with Crippen LogP contribution in [0.15, 0.2) is 77.8 Å². The van der Waals surface area contributed by atoms with E-state index in [1.807, 2.05) is 27.1 Å². The molecule has 1 unspecified atom stereocenters. The maximum atomic E-state index is 5.83. The second-order valence-corrected chi connectivity index (χ2v) is 10.1. The van der Waals surface area contributed by atoms with Crippen LogP contribution < -0.4 is 11.1 Å². The molecule has 0 saturated carbocycles. The van der Waals surface area contributed by atoms with Gasteiger partial charge in [0.25, 0.3) is 0 Å². The summed E-state index contributed by atoms with van der Waals surface area (Å²) in [6.07, 6.45) is 5.21. The first-order valence-electron chi connectivity index (χ1n) is 13.4. The molecule has 1 aliphatic carbocycles. The van der Waals surface area contributed by atoms with Gasteiger partial charge in [-0.15, -0.1) is 12.6 Å². The van der Waals surface area contributed by atoms with Gasteiger partial charge in [0, 0.05) is 29.9 Å². The number of hydrogen-bond acceptors (Lipinski definition) is 4. The maximum Gasteiger partial charge on any atom is 0.0412 e. The van der Waals surface area contributed by atoms with Gasteiger partial charge in [0.15, 0.2) is 0 Å². The molecule has 1 atom stereocenters. The molecule has 0 aliphatic heterocycles. The number of pyridine rings is 1. The van der Waals surface area contributed by atoms with Gasteiger partial charge in [-0.3, -0.25) is 4.98 Å². The van der Waals surface area contributed by atoms with Gasteiger partial charge in [0.05, 0.1) is 0 Å². The van der Waals surface area contributed by atoms with Crippen molar-refractivity contribution < 1.29 is 0 Å². The third-order valence-electron chi connectivity index (χ3n) is 7.31. The predicted molar refractivity (Wildman–Crippen MR) is 160 cm³/mol. The molecule has 0 saturated heterocycles. The third kappa shape index (κ3) is 5.98. The van der Waals surface area contributed by atoms with Gasteiger partial charge in [0.2, 0.25) is 0 Å². The van der Waals surface area contributed by atoms with Crippen molar-refractivity contribution in [2.24, 2.45) is 5.73 Å². The summed E-state index contributed by atoms with van der Waals surface area (Å²) in [5.74, 6) is 0.509. The Hall–Kier alpha value is -2.92. The highest BCUT2D eigenvalue weighted by atomic mass is 32.1. The Morgan fingerprint density at radius 1 is 0.946 bits per heavy atom. The van der Waals surface area contributed by atoms with E-state index in [0.29, 0.717) is 12.5 Å². The van der Waals surface area contributed by atoms with Gasteiger partial charge in [-0.25, -0.2) is 0 Å². The average Bonchev–Trinajstić information content (AvgIpc) is 3.34. The molecule has 0 spiro atoms. The van der Waals surface area contributed by atoms with Crippen molar-refractivity contribution in [3.63, 3.8) is 0 Å². The number of rotatable bonds is 7. The summed E-state index contributed by atoms with van der Waals surface area (Å²) < 4.78 is 0. The number of aromatic nitrogens is 1. The number of benzene rings is 3. The lowest BCUT2D eigenvalue weighted by Gasteiger charge is -2.15. The SMILES string of the molecule is CC.CNCc1ccc(-c2cccc(-c3cccc4c3CCC4Cc3cc(C)c(CN)cn3)c2)cc1S. The minimum atomic E-state index is 0.509. The molecule has 4 aromatic rings. The number of nitrogens with one attached hydrogen (secondary N) is 1. The van der Waals surface area contributed by atoms with Crippen LogP contribution in [0.2, 0.25) is 0 Å². The van der Waals surface area contributed by atoms with E-state index in [9.17, 15) is 0 Å². The quantitative estimate of drug-likeness (QED) is 0.226. The van der Waals surface area contributed by atoms with Crippen molar-refractivity contribution in [3.8, 4) is 22.3 Å². The lowest BCUT2D eigenvalue weighted by molar-refractivity contribution is 0.662. The smallest absolute Gasteiger partial charge is 0.0412 e. The van der Waals surface area contributed by atoms with Gasteiger partial charge in [0.1, 0.15) is 0 Å². The second kappa shape index (κ2) is 12.6. The van der Waals surface area contributed by atoms with E-state index in [-0.39, 0.29) is 0 Å². The lowest BCUT2D eigenvalue weighted by atomic mass is 9.91. The molecule has 1 aliphatic rings. The van der Waals surface area contributed by atoms with E-state index < -0.39 is 0 Å². The van der Waals surface area contributed by atoms with Gasteiger partial charge in [-0.1, -0.05) is 62.4 Å². The number of hydrogen-bond donors (Lipinski definition) is 3. The number of nitrogens with zero attached hydrogens (tertiary/aromatic N) is 1. The Morgan fingerprint density at radius 2 is 1.70 bits per heavy atom. The van der Waals surface area contributed by atoms with Crippen molar-refractivity contribution >= 4 is 12.6 Å². The molecule has 3 nitrogen and oxygen atoms in total. The molecule has 4 heteroatoms. The Bertz CT molecular complexity index is 1360. The zero-order chi connectivity index (χ0) is 26.4. The first kappa shape index (κ1) is 27.1. The van der Waals surface area contributed by atoms with Crippen molar-refractivity contribution in [2.75, 3.05) is 7.05 Å². The topological polar surface area (TPSA) is 50.9 Å². The van der Waals surface area contributed by atoms with Crippen LogP contribution in [0.25, 0.3) is 22.3 Å². The molecule has 0 bridgehead atoms. The fourth-order valence-electron chi connectivity index (χ4n) is 5.39. The minimum Gasteiger partial charge on any atom is -0.326 e. The molecule has 1 aromatic heterocycles. The number of aryl methyl sites for hydroxylation is 1. The Morgan fingerprint density at radius 3 is 2.43 bits per heavy atom. The zero-order valence-electron chi connectivity index (χ0n) is 22.5. The highest BCUT2D eigenvalue weighted by molar-refractivity contribution is 7.80. The third-order valence-corrected chi connectivity index (χ3v) is 7.72. The molecule has 37 heavy (non-hydrogen) atoms. The summed E-state index contributed by atoms with van der Waals surface area (Å²) in [4.78, 5) is 5.73. The molecule has 5 rings (SSSR count).